The lowest BCUT2D eigenvalue weighted by Gasteiger charge is -2.12. The first-order valence-corrected chi connectivity index (χ1v) is 9.28. The van der Waals surface area contributed by atoms with Gasteiger partial charge in [-0.15, -0.1) is 0 Å². The summed E-state index contributed by atoms with van der Waals surface area (Å²) in [5, 5.41) is 0. The summed E-state index contributed by atoms with van der Waals surface area (Å²) < 4.78 is 56.2. The summed E-state index contributed by atoms with van der Waals surface area (Å²) in [7, 11) is -4.01. The average molecular weight is 342 g/mol. The number of ether oxygens (including phenoxy) is 1. The predicted molar refractivity (Wildman–Crippen MR) is 79.3 cm³/mol. The lowest BCUT2D eigenvalue weighted by Crippen LogP contribution is -2.09. The molecule has 1 aliphatic carbocycles. The quantitative estimate of drug-likeness (QED) is 0.793. The van der Waals surface area contributed by atoms with Crippen LogP contribution in [-0.4, -0.2) is 27.2 Å². The molecule has 0 saturated heterocycles. The van der Waals surface area contributed by atoms with Crippen LogP contribution < -0.4 is 0 Å². The van der Waals surface area contributed by atoms with Crippen molar-refractivity contribution in [3.05, 3.63) is 34.9 Å². The molecule has 124 valence electrons. The van der Waals surface area contributed by atoms with Gasteiger partial charge in [0.15, 0.2) is 9.84 Å². The van der Waals surface area contributed by atoms with Crippen molar-refractivity contribution >= 4 is 21.4 Å². The van der Waals surface area contributed by atoms with E-state index in [1.807, 2.05) is 0 Å². The average Bonchev–Trinajstić information content (AvgIpc) is 3.04. The Bertz CT molecular complexity index is 782. The van der Waals surface area contributed by atoms with E-state index < -0.39 is 32.3 Å². The molecule has 1 aromatic rings. The molecule has 0 unspecified atom stereocenters. The SMILES string of the molecule is CS(=O)(=O)c1c(F)cc(C2=C(C3CCCC3)C(=O)OC2)cc1F. The highest BCUT2D eigenvalue weighted by Crippen LogP contribution is 2.39. The maximum absolute atomic E-state index is 14.1. The molecule has 1 saturated carbocycles. The van der Waals surface area contributed by atoms with Crippen molar-refractivity contribution in [2.24, 2.45) is 5.92 Å². The van der Waals surface area contributed by atoms with Gasteiger partial charge < -0.3 is 4.74 Å². The first-order chi connectivity index (χ1) is 10.8. The molecule has 1 aliphatic heterocycles. The van der Waals surface area contributed by atoms with E-state index >= 15 is 0 Å². The number of benzene rings is 1. The monoisotopic (exact) mass is 342 g/mol. The van der Waals surface area contributed by atoms with Gasteiger partial charge in [0.25, 0.3) is 0 Å². The Hall–Kier alpha value is -1.76. The van der Waals surface area contributed by atoms with Crippen LogP contribution in [0.2, 0.25) is 0 Å². The third-order valence-corrected chi connectivity index (χ3v) is 5.51. The topological polar surface area (TPSA) is 60.4 Å². The lowest BCUT2D eigenvalue weighted by atomic mass is 9.91. The van der Waals surface area contributed by atoms with Crippen molar-refractivity contribution in [2.75, 3.05) is 12.9 Å². The number of cyclic esters (lactones) is 1. The fourth-order valence-corrected chi connectivity index (χ4v) is 4.20. The number of sulfone groups is 1. The first-order valence-electron chi connectivity index (χ1n) is 7.38. The standard InChI is InChI=1S/C16H16F2O4S/c1-23(20,21)15-12(17)6-10(7-13(15)18)11-8-22-16(19)14(11)9-4-2-3-5-9/h6-7,9H,2-5,8H2,1H3. The van der Waals surface area contributed by atoms with Crippen LogP contribution in [0.5, 0.6) is 0 Å². The molecule has 23 heavy (non-hydrogen) atoms. The summed E-state index contributed by atoms with van der Waals surface area (Å²) in [6.45, 7) is -0.0399. The fraction of sp³-hybridized carbons (Fsp3) is 0.438. The van der Waals surface area contributed by atoms with Gasteiger partial charge in [-0.1, -0.05) is 12.8 Å². The number of esters is 1. The van der Waals surface area contributed by atoms with Crippen LogP contribution in [0.15, 0.2) is 22.6 Å². The molecule has 1 heterocycles. The molecular weight excluding hydrogens is 326 g/mol. The molecule has 0 radical (unpaired) electrons. The molecule has 2 aliphatic rings. The molecule has 4 nitrogen and oxygen atoms in total. The Morgan fingerprint density at radius 1 is 1.13 bits per heavy atom. The number of rotatable bonds is 3. The van der Waals surface area contributed by atoms with Gasteiger partial charge >= 0.3 is 5.97 Å². The van der Waals surface area contributed by atoms with Crippen LogP contribution in [-0.2, 0) is 19.4 Å². The molecule has 1 aromatic carbocycles. The lowest BCUT2D eigenvalue weighted by molar-refractivity contribution is -0.136. The smallest absolute Gasteiger partial charge is 0.335 e. The Balaban J connectivity index is 2.12. The Morgan fingerprint density at radius 3 is 2.22 bits per heavy atom. The minimum absolute atomic E-state index is 0.0399. The molecular formula is C16H16F2O4S. The van der Waals surface area contributed by atoms with E-state index in [1.54, 1.807) is 0 Å². The second kappa shape index (κ2) is 5.70. The second-order valence-corrected chi connectivity index (χ2v) is 7.94. The molecule has 0 atom stereocenters. The first kappa shape index (κ1) is 16.1. The molecule has 0 aromatic heterocycles. The van der Waals surface area contributed by atoms with Gasteiger partial charge in [-0.3, -0.25) is 0 Å². The minimum atomic E-state index is -4.01. The second-order valence-electron chi connectivity index (χ2n) is 5.99. The summed E-state index contributed by atoms with van der Waals surface area (Å²) in [5.74, 6) is -2.71. The van der Waals surface area contributed by atoms with Gasteiger partial charge in [-0.25, -0.2) is 22.0 Å². The van der Waals surface area contributed by atoms with E-state index in [2.05, 4.69) is 0 Å². The van der Waals surface area contributed by atoms with Gasteiger partial charge in [0, 0.05) is 17.4 Å². The minimum Gasteiger partial charge on any atom is -0.457 e. The van der Waals surface area contributed by atoms with Crippen LogP contribution in [0.3, 0.4) is 0 Å². The molecule has 0 spiro atoms. The number of carbonyl (C=O) groups excluding carboxylic acids is 1. The summed E-state index contributed by atoms with van der Waals surface area (Å²) in [6, 6.07) is 1.93. The van der Waals surface area contributed by atoms with Gasteiger partial charge in [0.1, 0.15) is 23.1 Å². The summed E-state index contributed by atoms with van der Waals surface area (Å²) in [5.41, 5.74) is 1.10. The number of halogens is 2. The Morgan fingerprint density at radius 2 is 1.70 bits per heavy atom. The summed E-state index contributed by atoms with van der Waals surface area (Å²) in [6.07, 6.45) is 4.45. The zero-order chi connectivity index (χ0) is 16.8. The molecule has 0 bridgehead atoms. The largest absolute Gasteiger partial charge is 0.457 e. The Kier molecular flexibility index (Phi) is 4.00. The third-order valence-electron chi connectivity index (χ3n) is 4.37. The number of hydrogen-bond acceptors (Lipinski definition) is 4. The highest BCUT2D eigenvalue weighted by Gasteiger charge is 2.34. The van der Waals surface area contributed by atoms with E-state index in [1.165, 1.54) is 0 Å². The van der Waals surface area contributed by atoms with E-state index in [9.17, 15) is 22.0 Å². The van der Waals surface area contributed by atoms with Crippen LogP contribution in [0.25, 0.3) is 5.57 Å². The van der Waals surface area contributed by atoms with Gasteiger partial charge in [-0.2, -0.15) is 0 Å². The van der Waals surface area contributed by atoms with E-state index in [0.29, 0.717) is 11.1 Å². The highest BCUT2D eigenvalue weighted by atomic mass is 32.2. The van der Waals surface area contributed by atoms with Crippen molar-refractivity contribution in [3.8, 4) is 0 Å². The molecule has 7 heteroatoms. The summed E-state index contributed by atoms with van der Waals surface area (Å²) >= 11 is 0. The zero-order valence-corrected chi connectivity index (χ0v) is 13.4. The number of carbonyl (C=O) groups is 1. The predicted octanol–water partition coefficient (Wildman–Crippen LogP) is 2.87. The third kappa shape index (κ3) is 2.89. The molecule has 1 fully saturated rings. The van der Waals surface area contributed by atoms with Crippen molar-refractivity contribution in [1.82, 2.24) is 0 Å². The van der Waals surface area contributed by atoms with Crippen molar-refractivity contribution in [2.45, 2.75) is 30.6 Å². The highest BCUT2D eigenvalue weighted by molar-refractivity contribution is 7.90. The van der Waals surface area contributed by atoms with Crippen molar-refractivity contribution in [1.29, 1.82) is 0 Å². The van der Waals surface area contributed by atoms with Gasteiger partial charge in [0.05, 0.1) is 0 Å². The van der Waals surface area contributed by atoms with Crippen LogP contribution >= 0.6 is 0 Å². The van der Waals surface area contributed by atoms with Crippen LogP contribution in [0, 0.1) is 17.6 Å². The van der Waals surface area contributed by atoms with Crippen molar-refractivity contribution in [3.63, 3.8) is 0 Å². The Labute approximate surface area is 133 Å². The normalized spacial score (nSPS) is 19.5. The van der Waals surface area contributed by atoms with Gasteiger partial charge in [-0.05, 0) is 36.5 Å². The maximum atomic E-state index is 14.1. The zero-order valence-electron chi connectivity index (χ0n) is 12.6. The molecule has 3 rings (SSSR count). The van der Waals surface area contributed by atoms with Crippen LogP contribution in [0.1, 0.15) is 31.2 Å². The van der Waals surface area contributed by atoms with Crippen molar-refractivity contribution < 1.29 is 26.7 Å². The summed E-state index contributed by atoms with van der Waals surface area (Å²) in [4.78, 5) is 11.0. The van der Waals surface area contributed by atoms with Gasteiger partial charge in [0.2, 0.25) is 0 Å². The van der Waals surface area contributed by atoms with E-state index in [-0.39, 0.29) is 18.1 Å². The van der Waals surface area contributed by atoms with Crippen LogP contribution in [0.4, 0.5) is 8.78 Å². The van der Waals surface area contributed by atoms with E-state index in [4.69, 9.17) is 4.74 Å². The molecule has 0 amide bonds. The number of hydrogen-bond donors (Lipinski definition) is 0. The fourth-order valence-electron chi connectivity index (χ4n) is 3.37. The molecule has 0 N–H and O–H groups in total. The van der Waals surface area contributed by atoms with E-state index in [0.717, 1.165) is 44.1 Å². The maximum Gasteiger partial charge on any atom is 0.335 e.